The first-order valence-electron chi connectivity index (χ1n) is 21.6. The number of carboxylic acids is 1. The Morgan fingerprint density at radius 3 is 2.46 bits per heavy atom. The molecule has 67 heavy (non-hydrogen) atoms. The van der Waals surface area contributed by atoms with Crippen molar-refractivity contribution >= 4 is 51.4 Å². The minimum absolute atomic E-state index is 0.0194. The van der Waals surface area contributed by atoms with Gasteiger partial charge in [0.15, 0.2) is 12.8 Å². The number of nitrogens with zero attached hydrogens (tertiary/aromatic N) is 3. The zero-order valence-electron chi connectivity index (χ0n) is 37.2. The van der Waals surface area contributed by atoms with Crippen LogP contribution in [0, 0.1) is 5.92 Å². The monoisotopic (exact) mass is 954 g/mol. The Morgan fingerprint density at radius 1 is 0.985 bits per heavy atom. The lowest BCUT2D eigenvalue weighted by Crippen LogP contribution is -2.61. The highest BCUT2D eigenvalue weighted by atomic mass is 32.2. The molecule has 3 heterocycles. The van der Waals surface area contributed by atoms with E-state index in [9.17, 15) is 52.8 Å². The van der Waals surface area contributed by atoms with Gasteiger partial charge in [0, 0.05) is 56.5 Å². The molecule has 2 aromatic carbocycles. The summed E-state index contributed by atoms with van der Waals surface area (Å²) in [6.45, 7) is 0.444. The van der Waals surface area contributed by atoms with Crippen molar-refractivity contribution in [2.75, 3.05) is 63.8 Å². The van der Waals surface area contributed by atoms with Crippen LogP contribution in [0.2, 0.25) is 0 Å². The number of aromatic nitrogens is 1. The van der Waals surface area contributed by atoms with Gasteiger partial charge < -0.3 is 60.2 Å². The first-order valence-corrected chi connectivity index (χ1v) is 23.7. The summed E-state index contributed by atoms with van der Waals surface area (Å²) >= 11 is 0. The molecular formula is C45H58N6O15S. The SMILES string of the molecule is CNCC(=O)Nc1cc(COC(=O)N(CCS(C)(=O)=O)COc2cccc(C(=O)N3CCC(CCCCNC(=O)/C=C/c4cccnc4)CC3)c2)ccc1O[C@@H]1O[C@H](C(=O)O)[C@@H](O)[C@H](O)[C@H]1O. The number of anilines is 1. The molecule has 364 valence electrons. The van der Waals surface area contributed by atoms with E-state index >= 15 is 0 Å². The van der Waals surface area contributed by atoms with Crippen LogP contribution in [0.3, 0.4) is 0 Å². The van der Waals surface area contributed by atoms with Crippen LogP contribution in [-0.4, -0.2) is 163 Å². The number of rotatable bonds is 22. The van der Waals surface area contributed by atoms with Gasteiger partial charge >= 0.3 is 12.1 Å². The lowest BCUT2D eigenvalue weighted by Gasteiger charge is -2.38. The number of aliphatic hydroxyl groups is 3. The summed E-state index contributed by atoms with van der Waals surface area (Å²) in [7, 11) is -2.01. The molecule has 5 rings (SSSR count). The summed E-state index contributed by atoms with van der Waals surface area (Å²) in [4.78, 5) is 70.1. The van der Waals surface area contributed by atoms with Crippen molar-refractivity contribution in [1.29, 1.82) is 0 Å². The first kappa shape index (κ1) is 51.8. The Morgan fingerprint density at radius 2 is 1.76 bits per heavy atom. The number of amides is 4. The number of benzene rings is 2. The van der Waals surface area contributed by atoms with Crippen molar-refractivity contribution < 1.29 is 71.8 Å². The highest BCUT2D eigenvalue weighted by Gasteiger charge is 2.48. The van der Waals surface area contributed by atoms with Crippen LogP contribution >= 0.6 is 0 Å². The summed E-state index contributed by atoms with van der Waals surface area (Å²) in [6, 6.07) is 14.2. The number of aliphatic hydroxyl groups excluding tert-OH is 3. The third-order valence-electron chi connectivity index (χ3n) is 10.9. The number of unbranched alkanes of at least 4 members (excludes halogenated alkanes) is 1. The van der Waals surface area contributed by atoms with E-state index in [1.807, 2.05) is 6.07 Å². The third kappa shape index (κ3) is 16.3. The lowest BCUT2D eigenvalue weighted by atomic mass is 9.91. The van der Waals surface area contributed by atoms with Gasteiger partial charge in [0.25, 0.3) is 5.91 Å². The van der Waals surface area contributed by atoms with Crippen molar-refractivity contribution in [3.63, 3.8) is 0 Å². The predicted molar refractivity (Wildman–Crippen MR) is 241 cm³/mol. The second kappa shape index (κ2) is 25.1. The molecule has 4 amide bonds. The van der Waals surface area contributed by atoms with Crippen LogP contribution in [0.15, 0.2) is 73.1 Å². The quantitative estimate of drug-likeness (QED) is 0.0425. The number of hydrogen-bond donors (Lipinski definition) is 7. The average Bonchev–Trinajstić information content (AvgIpc) is 3.30. The van der Waals surface area contributed by atoms with Crippen LogP contribution < -0.4 is 25.4 Å². The summed E-state index contributed by atoms with van der Waals surface area (Å²) in [5, 5.41) is 48.3. The van der Waals surface area contributed by atoms with Gasteiger partial charge in [0.2, 0.25) is 18.1 Å². The topological polar surface area (TPSA) is 293 Å². The van der Waals surface area contributed by atoms with Crippen LogP contribution in [-0.2, 0) is 40.3 Å². The van der Waals surface area contributed by atoms with E-state index in [2.05, 4.69) is 20.9 Å². The summed E-state index contributed by atoms with van der Waals surface area (Å²) < 4.78 is 46.5. The first-order chi connectivity index (χ1) is 32.0. The summed E-state index contributed by atoms with van der Waals surface area (Å²) in [5.41, 5.74) is 1.50. The number of piperidine rings is 1. The number of likely N-dealkylation sites (N-methyl/N-ethyl adjacent to an activating group) is 1. The number of carbonyl (C=O) groups excluding carboxylic acids is 4. The van der Waals surface area contributed by atoms with Gasteiger partial charge in [-0.25, -0.2) is 18.0 Å². The van der Waals surface area contributed by atoms with E-state index in [4.69, 9.17) is 18.9 Å². The zero-order valence-corrected chi connectivity index (χ0v) is 38.0. The number of pyridine rings is 1. The van der Waals surface area contributed by atoms with E-state index in [0.29, 0.717) is 36.7 Å². The Kier molecular flexibility index (Phi) is 19.4. The maximum absolute atomic E-state index is 13.5. The van der Waals surface area contributed by atoms with Gasteiger partial charge in [-0.15, -0.1) is 0 Å². The molecule has 3 aromatic rings. The van der Waals surface area contributed by atoms with E-state index in [0.717, 1.165) is 48.8 Å². The van der Waals surface area contributed by atoms with E-state index in [1.165, 1.54) is 31.3 Å². The fourth-order valence-electron chi connectivity index (χ4n) is 7.17. The molecule has 1 aromatic heterocycles. The standard InChI is InChI=1S/C45H58N6O15S/c1-46-26-37(53)49-34-23-31(11-13-35(34)65-44-40(56)38(54)39(55)41(66-44)43(58)59)27-63-45(60)51(21-22-67(2,61)62)28-64-33-10-5-9-32(24-33)42(57)50-19-15-29(16-20-50)7-3-4-18-48-36(52)14-12-30-8-6-17-47-25-30/h5-6,8-14,17,23-25,29,38-41,44,46,54-56H,3-4,7,15-16,18-22,26-28H2,1-2H3,(H,48,52)(H,49,53)(H,58,59)/b14-12+/t38-,39-,40+,41-,44+/m0/s1. The number of hydrogen-bond acceptors (Lipinski definition) is 16. The highest BCUT2D eigenvalue weighted by Crippen LogP contribution is 2.31. The molecule has 2 aliphatic rings. The van der Waals surface area contributed by atoms with E-state index < -0.39 is 77.6 Å². The van der Waals surface area contributed by atoms with Crippen LogP contribution in [0.1, 0.15) is 53.6 Å². The predicted octanol–water partition coefficient (Wildman–Crippen LogP) is 1.38. The Labute approximate surface area is 388 Å². The molecule has 0 spiro atoms. The number of likely N-dealkylation sites (tertiary alicyclic amines) is 1. The van der Waals surface area contributed by atoms with Crippen molar-refractivity contribution in [3.05, 3.63) is 89.8 Å². The number of sulfone groups is 1. The van der Waals surface area contributed by atoms with Crippen molar-refractivity contribution in [3.8, 4) is 11.5 Å². The molecule has 0 radical (unpaired) electrons. The number of carboxylic acid groups (broad SMARTS) is 1. The Hall–Kier alpha value is -6.17. The maximum Gasteiger partial charge on any atom is 0.412 e. The van der Waals surface area contributed by atoms with Gasteiger partial charge in [-0.05, 0) is 85.8 Å². The van der Waals surface area contributed by atoms with Crippen molar-refractivity contribution in [2.45, 2.75) is 69.4 Å². The minimum Gasteiger partial charge on any atom is -0.479 e. The minimum atomic E-state index is -3.54. The molecule has 7 N–H and O–H groups in total. The normalized spacial score (nSPS) is 19.9. The molecular weight excluding hydrogens is 897 g/mol. The van der Waals surface area contributed by atoms with Crippen molar-refractivity contribution in [2.24, 2.45) is 5.92 Å². The number of ether oxygens (including phenoxy) is 4. The molecule has 2 saturated heterocycles. The van der Waals surface area contributed by atoms with Crippen LogP contribution in [0.25, 0.3) is 6.08 Å². The molecule has 0 bridgehead atoms. The van der Waals surface area contributed by atoms with Gasteiger partial charge in [-0.3, -0.25) is 24.3 Å². The molecule has 0 aliphatic carbocycles. The highest BCUT2D eigenvalue weighted by molar-refractivity contribution is 7.90. The molecule has 2 fully saturated rings. The van der Waals surface area contributed by atoms with Gasteiger partial charge in [-0.2, -0.15) is 0 Å². The van der Waals surface area contributed by atoms with Gasteiger partial charge in [0.1, 0.15) is 46.3 Å². The summed E-state index contributed by atoms with van der Waals surface area (Å²) in [5.74, 6) is -2.35. The third-order valence-corrected chi connectivity index (χ3v) is 11.8. The van der Waals surface area contributed by atoms with Crippen LogP contribution in [0.4, 0.5) is 10.5 Å². The number of nitrogens with one attached hydrogen (secondary N) is 3. The smallest absolute Gasteiger partial charge is 0.412 e. The average molecular weight is 955 g/mol. The van der Waals surface area contributed by atoms with E-state index in [1.54, 1.807) is 53.7 Å². The van der Waals surface area contributed by atoms with Crippen molar-refractivity contribution in [1.82, 2.24) is 25.4 Å². The largest absolute Gasteiger partial charge is 0.479 e. The molecule has 0 saturated carbocycles. The Balaban J connectivity index is 1.13. The van der Waals surface area contributed by atoms with E-state index in [-0.39, 0.29) is 42.1 Å². The molecule has 21 nitrogen and oxygen atoms in total. The van der Waals surface area contributed by atoms with Crippen LogP contribution in [0.5, 0.6) is 11.5 Å². The number of aliphatic carboxylic acids is 1. The second-order valence-corrected chi connectivity index (χ2v) is 18.4. The fourth-order valence-corrected chi connectivity index (χ4v) is 7.72. The molecule has 2 aliphatic heterocycles. The molecule has 0 unspecified atom stereocenters. The lowest BCUT2D eigenvalue weighted by molar-refractivity contribution is -0.271. The van der Waals surface area contributed by atoms with Gasteiger partial charge in [-0.1, -0.05) is 31.0 Å². The fraction of sp³-hybridized carbons (Fsp3) is 0.467. The summed E-state index contributed by atoms with van der Waals surface area (Å²) in [6.07, 6.45) is 1.56. The second-order valence-electron chi connectivity index (χ2n) is 16.2. The molecule has 5 atom stereocenters. The molecule has 22 heteroatoms. The van der Waals surface area contributed by atoms with Gasteiger partial charge in [0.05, 0.1) is 18.0 Å². The zero-order chi connectivity index (χ0) is 48.5. The maximum atomic E-state index is 13.5. The Bertz CT molecular complexity index is 2290. The number of carbonyl (C=O) groups is 5.